The SMILES string of the molecule is CCOC(=O)C(C)(C)CN1C(=O)[C@@H]2CN(C(=O)OC(C)(C)C)CCN2C1=O. The molecule has 2 aliphatic heterocycles. The van der Waals surface area contributed by atoms with Gasteiger partial charge in [0.1, 0.15) is 11.6 Å². The summed E-state index contributed by atoms with van der Waals surface area (Å²) < 4.78 is 10.4. The molecular formula is C18H29N3O6. The fourth-order valence-electron chi connectivity index (χ4n) is 3.08. The summed E-state index contributed by atoms with van der Waals surface area (Å²) in [7, 11) is 0. The zero-order valence-corrected chi connectivity index (χ0v) is 16.9. The third-order valence-electron chi connectivity index (χ3n) is 4.44. The molecule has 2 aliphatic rings. The van der Waals surface area contributed by atoms with Crippen LogP contribution in [0.5, 0.6) is 0 Å². The van der Waals surface area contributed by atoms with Crippen LogP contribution < -0.4 is 0 Å². The standard InChI is InChI=1S/C18H29N3O6/c1-7-26-14(23)18(5,6)11-21-13(22)12-10-19(8-9-20(12)15(21)24)16(25)27-17(2,3)4/h12H,7-11H2,1-6H3/t12-/m0/s1. The molecule has 152 valence electrons. The summed E-state index contributed by atoms with van der Waals surface area (Å²) in [6, 6.07) is -1.19. The Labute approximate surface area is 159 Å². The summed E-state index contributed by atoms with van der Waals surface area (Å²) in [5.74, 6) is -0.878. The highest BCUT2D eigenvalue weighted by atomic mass is 16.6. The Bertz CT molecular complexity index is 639. The fraction of sp³-hybridized carbons (Fsp3) is 0.778. The fourth-order valence-corrected chi connectivity index (χ4v) is 3.08. The van der Waals surface area contributed by atoms with E-state index in [1.54, 1.807) is 41.5 Å². The summed E-state index contributed by atoms with van der Waals surface area (Å²) in [6.45, 7) is 11.0. The van der Waals surface area contributed by atoms with E-state index < -0.39 is 41.1 Å². The lowest BCUT2D eigenvalue weighted by atomic mass is 9.93. The van der Waals surface area contributed by atoms with Gasteiger partial charge in [-0.2, -0.15) is 0 Å². The minimum Gasteiger partial charge on any atom is -0.466 e. The highest BCUT2D eigenvalue weighted by Crippen LogP contribution is 2.28. The number of carbonyl (C=O) groups excluding carboxylic acids is 4. The van der Waals surface area contributed by atoms with Crippen LogP contribution in [0.1, 0.15) is 41.5 Å². The molecule has 0 aromatic heterocycles. The van der Waals surface area contributed by atoms with E-state index in [4.69, 9.17) is 9.47 Å². The first kappa shape index (κ1) is 21.0. The Kier molecular flexibility index (Phi) is 5.72. The first-order valence-electron chi connectivity index (χ1n) is 9.14. The van der Waals surface area contributed by atoms with Gasteiger partial charge in [-0.3, -0.25) is 14.5 Å². The van der Waals surface area contributed by atoms with Crippen LogP contribution in [0.4, 0.5) is 9.59 Å². The van der Waals surface area contributed by atoms with E-state index in [1.807, 2.05) is 0 Å². The molecule has 4 amide bonds. The molecule has 0 N–H and O–H groups in total. The number of amides is 4. The smallest absolute Gasteiger partial charge is 0.410 e. The van der Waals surface area contributed by atoms with Crippen LogP contribution in [-0.2, 0) is 19.1 Å². The van der Waals surface area contributed by atoms with Gasteiger partial charge in [0.05, 0.1) is 18.6 Å². The molecular weight excluding hydrogens is 354 g/mol. The van der Waals surface area contributed by atoms with Crippen molar-refractivity contribution in [1.82, 2.24) is 14.7 Å². The number of fused-ring (bicyclic) bond motifs is 1. The summed E-state index contributed by atoms with van der Waals surface area (Å²) in [5, 5.41) is 0. The predicted octanol–water partition coefficient (Wildman–Crippen LogP) is 1.46. The summed E-state index contributed by atoms with van der Waals surface area (Å²) in [6.07, 6.45) is -0.507. The number of urea groups is 1. The number of carbonyl (C=O) groups is 4. The van der Waals surface area contributed by atoms with Crippen LogP contribution >= 0.6 is 0 Å². The Morgan fingerprint density at radius 2 is 1.74 bits per heavy atom. The number of imide groups is 1. The third kappa shape index (κ3) is 4.51. The summed E-state index contributed by atoms with van der Waals surface area (Å²) in [5.41, 5.74) is -1.65. The van der Waals surface area contributed by atoms with Gasteiger partial charge < -0.3 is 19.3 Å². The van der Waals surface area contributed by atoms with Gasteiger partial charge in [-0.25, -0.2) is 9.59 Å². The second-order valence-electron chi connectivity index (χ2n) is 8.45. The number of esters is 1. The van der Waals surface area contributed by atoms with Crippen molar-refractivity contribution < 1.29 is 28.7 Å². The second kappa shape index (κ2) is 7.36. The molecule has 0 radical (unpaired) electrons. The van der Waals surface area contributed by atoms with Gasteiger partial charge in [0, 0.05) is 19.6 Å². The number of nitrogens with zero attached hydrogens (tertiary/aromatic N) is 3. The summed E-state index contributed by atoms with van der Waals surface area (Å²) >= 11 is 0. The topological polar surface area (TPSA) is 96.5 Å². The molecule has 2 heterocycles. The van der Waals surface area contributed by atoms with Crippen molar-refractivity contribution in [2.24, 2.45) is 5.41 Å². The average molecular weight is 383 g/mol. The molecule has 0 bridgehead atoms. The molecule has 0 aromatic rings. The number of hydrogen-bond acceptors (Lipinski definition) is 6. The summed E-state index contributed by atoms with van der Waals surface area (Å²) in [4.78, 5) is 53.8. The third-order valence-corrected chi connectivity index (χ3v) is 4.44. The molecule has 2 saturated heterocycles. The monoisotopic (exact) mass is 383 g/mol. The van der Waals surface area contributed by atoms with E-state index in [9.17, 15) is 19.2 Å². The molecule has 0 saturated carbocycles. The number of piperazine rings is 1. The maximum Gasteiger partial charge on any atom is 0.410 e. The quantitative estimate of drug-likeness (QED) is 0.539. The van der Waals surface area contributed by atoms with Crippen molar-refractivity contribution in [1.29, 1.82) is 0 Å². The van der Waals surface area contributed by atoms with Gasteiger partial charge in [0.2, 0.25) is 0 Å². The highest BCUT2D eigenvalue weighted by molar-refractivity contribution is 6.05. The van der Waals surface area contributed by atoms with E-state index in [-0.39, 0.29) is 26.2 Å². The lowest BCUT2D eigenvalue weighted by molar-refractivity contribution is -0.154. The van der Waals surface area contributed by atoms with Crippen LogP contribution in [0.2, 0.25) is 0 Å². The van der Waals surface area contributed by atoms with Gasteiger partial charge in [-0.15, -0.1) is 0 Å². The molecule has 0 aromatic carbocycles. The predicted molar refractivity (Wildman–Crippen MR) is 95.8 cm³/mol. The van der Waals surface area contributed by atoms with E-state index in [0.717, 1.165) is 4.90 Å². The molecule has 2 fully saturated rings. The molecule has 27 heavy (non-hydrogen) atoms. The normalized spacial score (nSPS) is 20.7. The van der Waals surface area contributed by atoms with Crippen molar-refractivity contribution in [2.45, 2.75) is 53.2 Å². The maximum atomic E-state index is 12.8. The van der Waals surface area contributed by atoms with Crippen molar-refractivity contribution in [2.75, 3.05) is 32.8 Å². The van der Waals surface area contributed by atoms with Crippen LogP contribution in [0.3, 0.4) is 0 Å². The van der Waals surface area contributed by atoms with Crippen LogP contribution in [0.15, 0.2) is 0 Å². The maximum absolute atomic E-state index is 12.8. The Morgan fingerprint density at radius 1 is 1.11 bits per heavy atom. The van der Waals surface area contributed by atoms with Crippen molar-refractivity contribution in [3.8, 4) is 0 Å². The first-order chi connectivity index (χ1) is 12.4. The first-order valence-corrected chi connectivity index (χ1v) is 9.14. The van der Waals surface area contributed by atoms with E-state index >= 15 is 0 Å². The Morgan fingerprint density at radius 3 is 2.30 bits per heavy atom. The molecule has 1 atom stereocenters. The zero-order chi connectivity index (χ0) is 20.6. The molecule has 9 heteroatoms. The molecule has 0 aliphatic carbocycles. The van der Waals surface area contributed by atoms with Crippen molar-refractivity contribution >= 4 is 24.0 Å². The molecule has 0 unspecified atom stereocenters. The van der Waals surface area contributed by atoms with E-state index in [0.29, 0.717) is 6.54 Å². The Balaban J connectivity index is 2.09. The highest BCUT2D eigenvalue weighted by Gasteiger charge is 2.50. The van der Waals surface area contributed by atoms with Gasteiger partial charge in [-0.05, 0) is 41.5 Å². The number of ether oxygens (including phenoxy) is 2. The van der Waals surface area contributed by atoms with Gasteiger partial charge in [-0.1, -0.05) is 0 Å². The van der Waals surface area contributed by atoms with E-state index in [1.165, 1.54) is 9.80 Å². The van der Waals surface area contributed by atoms with Crippen LogP contribution in [0, 0.1) is 5.41 Å². The Hall–Kier alpha value is -2.32. The lowest BCUT2D eigenvalue weighted by Crippen LogP contribution is -2.55. The second-order valence-corrected chi connectivity index (χ2v) is 8.45. The molecule has 0 spiro atoms. The molecule has 2 rings (SSSR count). The van der Waals surface area contributed by atoms with E-state index in [2.05, 4.69) is 0 Å². The van der Waals surface area contributed by atoms with Crippen molar-refractivity contribution in [3.05, 3.63) is 0 Å². The lowest BCUT2D eigenvalue weighted by Gasteiger charge is -2.36. The van der Waals surface area contributed by atoms with Gasteiger partial charge in [0.25, 0.3) is 5.91 Å². The van der Waals surface area contributed by atoms with Crippen LogP contribution in [-0.4, -0.2) is 83.1 Å². The minimum atomic E-state index is -1.01. The number of rotatable bonds is 4. The minimum absolute atomic E-state index is 0.0665. The molecule has 9 nitrogen and oxygen atoms in total. The number of hydrogen-bond donors (Lipinski definition) is 0. The average Bonchev–Trinajstić information content (AvgIpc) is 2.78. The van der Waals surface area contributed by atoms with Gasteiger partial charge in [0.15, 0.2) is 0 Å². The van der Waals surface area contributed by atoms with Gasteiger partial charge >= 0.3 is 18.1 Å². The zero-order valence-electron chi connectivity index (χ0n) is 16.9. The van der Waals surface area contributed by atoms with Crippen molar-refractivity contribution in [3.63, 3.8) is 0 Å². The largest absolute Gasteiger partial charge is 0.466 e. The van der Waals surface area contributed by atoms with Crippen LogP contribution in [0.25, 0.3) is 0 Å².